The molecule has 0 radical (unpaired) electrons. The minimum atomic E-state index is -0.379. The molecule has 0 aliphatic rings. The van der Waals surface area contributed by atoms with Gasteiger partial charge in [-0.2, -0.15) is 11.8 Å². The number of hydrogen-bond donors (Lipinski definition) is 1. The van der Waals surface area contributed by atoms with E-state index in [1.54, 1.807) is 24.3 Å². The Morgan fingerprint density at radius 2 is 2.06 bits per heavy atom. The Kier molecular flexibility index (Phi) is 5.88. The third kappa shape index (κ3) is 4.63. The van der Waals surface area contributed by atoms with Gasteiger partial charge in [0.25, 0.3) is 5.69 Å². The molecule has 0 fully saturated rings. The highest BCUT2D eigenvalue weighted by atomic mass is 32.2. The summed E-state index contributed by atoms with van der Waals surface area (Å²) in [5.74, 6) is 1.16. The molecule has 0 saturated heterocycles. The van der Waals surface area contributed by atoms with E-state index >= 15 is 0 Å². The zero-order chi connectivity index (χ0) is 11.8. The fraction of sp³-hybridized carbons (Fsp3) is 0.455. The number of benzene rings is 1. The molecule has 0 atom stereocenters. The maximum atomic E-state index is 10.4. The van der Waals surface area contributed by atoms with Crippen molar-refractivity contribution in [3.63, 3.8) is 0 Å². The first kappa shape index (κ1) is 13.0. The van der Waals surface area contributed by atoms with Gasteiger partial charge < -0.3 is 5.32 Å². The van der Waals surface area contributed by atoms with Gasteiger partial charge in [0.05, 0.1) is 4.92 Å². The van der Waals surface area contributed by atoms with E-state index in [4.69, 9.17) is 0 Å². The van der Waals surface area contributed by atoms with Crippen LogP contribution >= 0.6 is 11.8 Å². The van der Waals surface area contributed by atoms with Gasteiger partial charge >= 0.3 is 0 Å². The zero-order valence-corrected chi connectivity index (χ0v) is 10.1. The Bertz CT molecular complexity index is 327. The Balaban J connectivity index is 2.29. The molecular weight excluding hydrogens is 224 g/mol. The van der Waals surface area contributed by atoms with Crippen molar-refractivity contribution in [1.82, 2.24) is 5.32 Å². The maximum absolute atomic E-state index is 10.4. The average molecular weight is 240 g/mol. The number of nitrogens with zero attached hydrogens (tertiary/aromatic N) is 1. The molecule has 0 aliphatic heterocycles. The van der Waals surface area contributed by atoms with E-state index in [1.807, 2.05) is 11.8 Å². The molecule has 5 heteroatoms. The molecule has 4 nitrogen and oxygen atoms in total. The number of rotatable bonds is 7. The van der Waals surface area contributed by atoms with Gasteiger partial charge in [0.15, 0.2) is 0 Å². The monoisotopic (exact) mass is 240 g/mol. The average Bonchev–Trinajstić information content (AvgIpc) is 2.29. The van der Waals surface area contributed by atoms with E-state index in [-0.39, 0.29) is 10.6 Å². The smallest absolute Gasteiger partial charge is 0.269 e. The molecule has 1 rings (SSSR count). The molecule has 16 heavy (non-hydrogen) atoms. The third-order valence-electron chi connectivity index (χ3n) is 2.18. The van der Waals surface area contributed by atoms with Crippen LogP contribution in [0.25, 0.3) is 0 Å². The molecule has 0 bridgehead atoms. The second-order valence-electron chi connectivity index (χ2n) is 3.45. The molecule has 0 saturated carbocycles. The molecule has 0 spiro atoms. The Morgan fingerprint density at radius 3 is 2.62 bits per heavy atom. The normalized spacial score (nSPS) is 10.3. The molecule has 88 valence electrons. The van der Waals surface area contributed by atoms with Crippen molar-refractivity contribution in [3.05, 3.63) is 39.9 Å². The lowest BCUT2D eigenvalue weighted by molar-refractivity contribution is -0.384. The van der Waals surface area contributed by atoms with Crippen LogP contribution in [0.2, 0.25) is 0 Å². The predicted octanol–water partition coefficient (Wildman–Crippen LogP) is 2.44. The summed E-state index contributed by atoms with van der Waals surface area (Å²) >= 11 is 1.84. The summed E-state index contributed by atoms with van der Waals surface area (Å²) in [5.41, 5.74) is 1.22. The van der Waals surface area contributed by atoms with E-state index in [1.165, 1.54) is 0 Å². The number of hydrogen-bond acceptors (Lipinski definition) is 4. The summed E-state index contributed by atoms with van der Waals surface area (Å²) in [6.07, 6.45) is 3.24. The Labute approximate surface area is 99.6 Å². The number of nitro groups is 1. The minimum absolute atomic E-state index is 0.145. The van der Waals surface area contributed by atoms with Crippen LogP contribution in [0.1, 0.15) is 12.0 Å². The maximum Gasteiger partial charge on any atom is 0.269 e. The second-order valence-corrected chi connectivity index (χ2v) is 4.43. The first-order valence-corrected chi connectivity index (χ1v) is 6.56. The Morgan fingerprint density at radius 1 is 1.38 bits per heavy atom. The Hall–Kier alpha value is -1.07. The fourth-order valence-corrected chi connectivity index (χ4v) is 1.74. The van der Waals surface area contributed by atoms with Crippen molar-refractivity contribution in [1.29, 1.82) is 0 Å². The van der Waals surface area contributed by atoms with E-state index in [2.05, 4.69) is 11.6 Å². The molecule has 0 heterocycles. The molecule has 1 aromatic carbocycles. The number of thioether (sulfide) groups is 1. The largest absolute Gasteiger partial charge is 0.313 e. The summed E-state index contributed by atoms with van der Waals surface area (Å²) in [6, 6.07) is 6.66. The lowest BCUT2D eigenvalue weighted by Gasteiger charge is -2.03. The summed E-state index contributed by atoms with van der Waals surface area (Å²) in [7, 11) is 0. The quantitative estimate of drug-likeness (QED) is 0.452. The van der Waals surface area contributed by atoms with Crippen molar-refractivity contribution in [2.24, 2.45) is 0 Å². The van der Waals surface area contributed by atoms with Crippen LogP contribution in [-0.4, -0.2) is 23.5 Å². The molecule has 0 amide bonds. The van der Waals surface area contributed by atoms with E-state index < -0.39 is 0 Å². The fourth-order valence-electron chi connectivity index (χ4n) is 1.31. The topological polar surface area (TPSA) is 55.2 Å². The highest BCUT2D eigenvalue weighted by Gasteiger charge is 2.03. The van der Waals surface area contributed by atoms with E-state index in [9.17, 15) is 10.1 Å². The summed E-state index contributed by atoms with van der Waals surface area (Å²) in [5, 5.41) is 13.7. The lowest BCUT2D eigenvalue weighted by Crippen LogP contribution is -2.15. The predicted molar refractivity (Wildman–Crippen MR) is 67.8 cm³/mol. The van der Waals surface area contributed by atoms with Crippen LogP contribution in [0.4, 0.5) is 5.69 Å². The van der Waals surface area contributed by atoms with E-state index in [0.29, 0.717) is 0 Å². The zero-order valence-electron chi connectivity index (χ0n) is 9.31. The van der Waals surface area contributed by atoms with Gasteiger partial charge in [0.1, 0.15) is 0 Å². The number of nitro benzene ring substituents is 1. The van der Waals surface area contributed by atoms with Crippen molar-refractivity contribution in [2.45, 2.75) is 13.0 Å². The first-order chi connectivity index (χ1) is 7.74. The highest BCUT2D eigenvalue weighted by Crippen LogP contribution is 2.11. The van der Waals surface area contributed by atoms with Crippen LogP contribution in [0.15, 0.2) is 24.3 Å². The van der Waals surface area contributed by atoms with Gasteiger partial charge in [-0.15, -0.1) is 0 Å². The first-order valence-electron chi connectivity index (χ1n) is 5.17. The molecule has 0 unspecified atom stereocenters. The van der Waals surface area contributed by atoms with Crippen LogP contribution in [0.5, 0.6) is 0 Å². The third-order valence-corrected chi connectivity index (χ3v) is 2.88. The van der Waals surface area contributed by atoms with Crippen molar-refractivity contribution < 1.29 is 4.92 Å². The second kappa shape index (κ2) is 7.24. The van der Waals surface area contributed by atoms with E-state index in [0.717, 1.165) is 30.8 Å². The standard InChI is InChI=1S/C11H16N2O2S/c1-16-8-2-7-12-9-10-3-5-11(6-4-10)13(14)15/h3-6,12H,2,7-9H2,1H3. The van der Waals surface area contributed by atoms with Gasteiger partial charge in [-0.3, -0.25) is 10.1 Å². The summed E-state index contributed by atoms with van der Waals surface area (Å²) < 4.78 is 0. The van der Waals surface area contributed by atoms with Crippen molar-refractivity contribution in [2.75, 3.05) is 18.6 Å². The van der Waals surface area contributed by atoms with Crippen molar-refractivity contribution in [3.8, 4) is 0 Å². The van der Waals surface area contributed by atoms with Crippen LogP contribution in [0.3, 0.4) is 0 Å². The lowest BCUT2D eigenvalue weighted by atomic mass is 10.2. The summed E-state index contributed by atoms with van der Waals surface area (Å²) in [4.78, 5) is 10.1. The molecule has 0 aromatic heterocycles. The van der Waals surface area contributed by atoms with Gasteiger partial charge in [-0.05, 0) is 30.5 Å². The molecule has 0 aliphatic carbocycles. The minimum Gasteiger partial charge on any atom is -0.313 e. The van der Waals surface area contributed by atoms with Gasteiger partial charge in [0, 0.05) is 18.7 Å². The SMILES string of the molecule is CSCCCNCc1ccc([N+](=O)[O-])cc1. The van der Waals surface area contributed by atoms with Gasteiger partial charge in [-0.1, -0.05) is 12.1 Å². The molecule has 1 N–H and O–H groups in total. The highest BCUT2D eigenvalue weighted by molar-refractivity contribution is 7.98. The van der Waals surface area contributed by atoms with Crippen molar-refractivity contribution >= 4 is 17.4 Å². The van der Waals surface area contributed by atoms with Crippen LogP contribution < -0.4 is 5.32 Å². The van der Waals surface area contributed by atoms with Crippen LogP contribution in [0, 0.1) is 10.1 Å². The number of nitrogens with one attached hydrogen (secondary N) is 1. The number of non-ortho nitro benzene ring substituents is 1. The molecular formula is C11H16N2O2S. The van der Waals surface area contributed by atoms with Gasteiger partial charge in [-0.25, -0.2) is 0 Å². The molecule has 1 aromatic rings. The van der Waals surface area contributed by atoms with Gasteiger partial charge in [0.2, 0.25) is 0 Å². The summed E-state index contributed by atoms with van der Waals surface area (Å²) in [6.45, 7) is 1.75. The van der Waals surface area contributed by atoms with Crippen LogP contribution in [-0.2, 0) is 6.54 Å².